The predicted octanol–water partition coefficient (Wildman–Crippen LogP) is 3.25. The summed E-state index contributed by atoms with van der Waals surface area (Å²) in [5.74, 6) is 0.645. The second-order valence-corrected chi connectivity index (χ2v) is 7.92. The van der Waals surface area contributed by atoms with E-state index in [0.717, 1.165) is 5.56 Å². The highest BCUT2D eigenvalue weighted by Gasteiger charge is 2.25. The minimum Gasteiger partial charge on any atom is -0.493 e. The lowest BCUT2D eigenvalue weighted by atomic mass is 10.1. The number of anilines is 1. The van der Waals surface area contributed by atoms with Crippen molar-refractivity contribution < 1.29 is 18.9 Å². The highest BCUT2D eigenvalue weighted by Crippen LogP contribution is 2.29. The van der Waals surface area contributed by atoms with Crippen LogP contribution in [-0.4, -0.2) is 44.5 Å². The summed E-state index contributed by atoms with van der Waals surface area (Å²) in [6, 6.07) is 24.2. The van der Waals surface area contributed by atoms with E-state index >= 15 is 0 Å². The number of hydrazone groups is 1. The van der Waals surface area contributed by atoms with Gasteiger partial charge in [-0.2, -0.15) is 9.78 Å². The van der Waals surface area contributed by atoms with Crippen LogP contribution in [0.3, 0.4) is 0 Å². The lowest BCUT2D eigenvalue weighted by Crippen LogP contribution is -2.19. The zero-order valence-corrected chi connectivity index (χ0v) is 20.2. The Morgan fingerprint density at radius 2 is 1.82 bits per heavy atom. The second kappa shape index (κ2) is 11.0. The van der Waals surface area contributed by atoms with Gasteiger partial charge in [0.1, 0.15) is 12.3 Å². The summed E-state index contributed by atoms with van der Waals surface area (Å²) in [4.78, 5) is 13.0. The Kier molecular flexibility index (Phi) is 7.02. The van der Waals surface area contributed by atoms with Crippen LogP contribution in [0.5, 0.6) is 11.5 Å². The third kappa shape index (κ3) is 5.18. The first-order valence-electron chi connectivity index (χ1n) is 11.4. The number of aromatic nitrogens is 5. The molecule has 0 aliphatic carbocycles. The van der Waals surface area contributed by atoms with Crippen molar-refractivity contribution in [2.45, 2.75) is 6.61 Å². The molecule has 1 amide bonds. The Morgan fingerprint density at radius 3 is 2.53 bits per heavy atom. The first-order valence-corrected chi connectivity index (χ1v) is 11.4. The lowest BCUT2D eigenvalue weighted by Gasteiger charge is -2.11. The molecule has 3 aromatic carbocycles. The molecule has 190 valence electrons. The highest BCUT2D eigenvalue weighted by molar-refractivity contribution is 5.98. The third-order valence-electron chi connectivity index (χ3n) is 5.43. The SMILES string of the molecule is COc1cc(/C=N\NC(=O)c2nnn(-c3nonc3N)c2-c2ccccc2)ccc1OCc1ccccc1. The van der Waals surface area contributed by atoms with E-state index in [2.05, 4.69) is 35.8 Å². The van der Waals surface area contributed by atoms with Gasteiger partial charge in [-0.15, -0.1) is 5.10 Å². The van der Waals surface area contributed by atoms with Crippen molar-refractivity contribution in [2.24, 2.45) is 5.10 Å². The maximum atomic E-state index is 13.0. The number of hydrogen-bond donors (Lipinski definition) is 2. The van der Waals surface area contributed by atoms with E-state index in [1.54, 1.807) is 37.4 Å². The molecule has 0 bridgehead atoms. The Hall–Kier alpha value is -5.52. The average molecular weight is 511 g/mol. The molecule has 12 heteroatoms. The molecule has 3 N–H and O–H groups in total. The predicted molar refractivity (Wildman–Crippen MR) is 138 cm³/mol. The van der Waals surface area contributed by atoms with Crippen molar-refractivity contribution in [1.82, 2.24) is 30.7 Å². The average Bonchev–Trinajstić information content (AvgIpc) is 3.59. The zero-order chi connectivity index (χ0) is 26.3. The molecule has 0 spiro atoms. The number of nitrogens with two attached hydrogens (primary N) is 1. The molecule has 5 rings (SSSR count). The molecule has 5 aromatic rings. The first-order chi connectivity index (χ1) is 18.6. The Balaban J connectivity index is 1.33. The van der Waals surface area contributed by atoms with Crippen LogP contribution >= 0.6 is 0 Å². The van der Waals surface area contributed by atoms with Crippen molar-refractivity contribution in [3.05, 3.63) is 95.7 Å². The summed E-state index contributed by atoms with van der Waals surface area (Å²) in [6.07, 6.45) is 1.48. The van der Waals surface area contributed by atoms with Crippen molar-refractivity contribution >= 4 is 17.9 Å². The number of hydrogen-bond acceptors (Lipinski definition) is 10. The Labute approximate surface area is 216 Å². The summed E-state index contributed by atoms with van der Waals surface area (Å²) in [7, 11) is 1.55. The van der Waals surface area contributed by atoms with Crippen LogP contribution in [0.25, 0.3) is 17.1 Å². The number of rotatable bonds is 9. The number of carbonyl (C=O) groups is 1. The molecule has 0 unspecified atom stereocenters. The fourth-order valence-corrected chi connectivity index (χ4v) is 3.61. The van der Waals surface area contributed by atoms with Crippen LogP contribution in [0.15, 0.2) is 88.6 Å². The van der Waals surface area contributed by atoms with Crippen molar-refractivity contribution in [3.8, 4) is 28.6 Å². The topological polar surface area (TPSA) is 156 Å². The molecule has 0 saturated heterocycles. The van der Waals surface area contributed by atoms with Gasteiger partial charge in [0.15, 0.2) is 17.2 Å². The van der Waals surface area contributed by atoms with Crippen LogP contribution < -0.4 is 20.6 Å². The van der Waals surface area contributed by atoms with Crippen LogP contribution in [0, 0.1) is 0 Å². The van der Waals surface area contributed by atoms with Crippen LogP contribution in [0.2, 0.25) is 0 Å². The monoisotopic (exact) mass is 510 g/mol. The number of carbonyl (C=O) groups excluding carboxylic acids is 1. The van der Waals surface area contributed by atoms with E-state index in [0.29, 0.717) is 34.9 Å². The minimum absolute atomic E-state index is 0.00204. The van der Waals surface area contributed by atoms with Gasteiger partial charge in [0.05, 0.1) is 13.3 Å². The molecular formula is C26H22N8O4. The fraction of sp³-hybridized carbons (Fsp3) is 0.0769. The Morgan fingerprint density at radius 1 is 1.05 bits per heavy atom. The van der Waals surface area contributed by atoms with E-state index < -0.39 is 5.91 Å². The van der Waals surface area contributed by atoms with Gasteiger partial charge in [-0.1, -0.05) is 65.9 Å². The van der Waals surface area contributed by atoms with Crippen LogP contribution in [0.4, 0.5) is 5.82 Å². The third-order valence-corrected chi connectivity index (χ3v) is 5.43. The lowest BCUT2D eigenvalue weighted by molar-refractivity contribution is 0.0950. The van der Waals surface area contributed by atoms with E-state index in [9.17, 15) is 4.79 Å². The van der Waals surface area contributed by atoms with Gasteiger partial charge in [0.2, 0.25) is 11.6 Å². The number of methoxy groups -OCH3 is 1. The van der Waals surface area contributed by atoms with Crippen LogP contribution in [-0.2, 0) is 6.61 Å². The van der Waals surface area contributed by atoms with E-state index in [1.165, 1.54) is 10.9 Å². The highest BCUT2D eigenvalue weighted by atomic mass is 16.6. The van der Waals surface area contributed by atoms with Crippen molar-refractivity contribution in [1.29, 1.82) is 0 Å². The second-order valence-electron chi connectivity index (χ2n) is 7.92. The number of nitrogens with zero attached hydrogens (tertiary/aromatic N) is 6. The molecule has 2 aromatic heterocycles. The number of amides is 1. The minimum atomic E-state index is -0.587. The molecule has 0 aliphatic heterocycles. The number of nitrogen functional groups attached to an aromatic ring is 1. The van der Waals surface area contributed by atoms with Gasteiger partial charge in [-0.05, 0) is 39.6 Å². The molecule has 0 fully saturated rings. The number of benzene rings is 3. The fourth-order valence-electron chi connectivity index (χ4n) is 3.61. The molecule has 38 heavy (non-hydrogen) atoms. The molecule has 0 radical (unpaired) electrons. The van der Waals surface area contributed by atoms with Crippen LogP contribution in [0.1, 0.15) is 21.6 Å². The number of nitrogens with one attached hydrogen (secondary N) is 1. The summed E-state index contributed by atoms with van der Waals surface area (Å²) in [6.45, 7) is 0.404. The summed E-state index contributed by atoms with van der Waals surface area (Å²) < 4.78 is 17.3. The largest absolute Gasteiger partial charge is 0.493 e. The van der Waals surface area contributed by atoms with Gasteiger partial charge in [-0.3, -0.25) is 4.79 Å². The van der Waals surface area contributed by atoms with Crippen molar-refractivity contribution in [3.63, 3.8) is 0 Å². The normalized spacial score (nSPS) is 11.0. The summed E-state index contributed by atoms with van der Waals surface area (Å²) >= 11 is 0. The quantitative estimate of drug-likeness (QED) is 0.224. The van der Waals surface area contributed by atoms with E-state index in [-0.39, 0.29) is 17.3 Å². The standard InChI is InChI=1S/C26H22N8O4/c1-36-21-14-18(12-13-20(21)37-16-17-8-4-2-5-9-17)15-28-30-26(35)22-23(19-10-6-3-7-11-19)34(33-29-22)25-24(27)31-38-32-25/h2-15H,16H2,1H3,(H2,27,31)(H,30,35)/b28-15-. The van der Waals surface area contributed by atoms with Gasteiger partial charge < -0.3 is 15.2 Å². The maximum absolute atomic E-state index is 13.0. The molecule has 2 heterocycles. The first kappa shape index (κ1) is 24.2. The smallest absolute Gasteiger partial charge is 0.294 e. The summed E-state index contributed by atoms with van der Waals surface area (Å²) in [5.41, 5.74) is 11.1. The van der Waals surface area contributed by atoms with Gasteiger partial charge >= 0.3 is 0 Å². The summed E-state index contributed by atoms with van der Waals surface area (Å²) in [5, 5.41) is 19.5. The van der Waals surface area contributed by atoms with Gasteiger partial charge in [-0.25, -0.2) is 10.1 Å². The van der Waals surface area contributed by atoms with Crippen molar-refractivity contribution in [2.75, 3.05) is 12.8 Å². The Bertz CT molecular complexity index is 1560. The van der Waals surface area contributed by atoms with E-state index in [1.807, 2.05) is 48.5 Å². The molecule has 12 nitrogen and oxygen atoms in total. The molecule has 0 saturated carbocycles. The molecule has 0 atom stereocenters. The van der Waals surface area contributed by atoms with Gasteiger partial charge in [0.25, 0.3) is 5.91 Å². The number of ether oxygens (including phenoxy) is 2. The molecular weight excluding hydrogens is 488 g/mol. The zero-order valence-electron chi connectivity index (χ0n) is 20.2. The molecule has 0 aliphatic rings. The van der Waals surface area contributed by atoms with Gasteiger partial charge in [0, 0.05) is 5.56 Å². The van der Waals surface area contributed by atoms with E-state index in [4.69, 9.17) is 15.2 Å². The maximum Gasteiger partial charge on any atom is 0.294 e.